The van der Waals surface area contributed by atoms with Crippen LogP contribution in [0.5, 0.6) is 11.5 Å². The molecule has 1 aliphatic heterocycles. The van der Waals surface area contributed by atoms with Crippen LogP contribution in [0.4, 0.5) is 5.82 Å². The van der Waals surface area contributed by atoms with E-state index in [0.717, 1.165) is 53.6 Å². The van der Waals surface area contributed by atoms with E-state index in [1.165, 1.54) is 12.8 Å². The number of fused-ring (bicyclic) bond motifs is 2. The van der Waals surface area contributed by atoms with Gasteiger partial charge in [-0.25, -0.2) is 4.98 Å². The molecule has 0 bridgehead atoms. The molecule has 2 N–H and O–H groups in total. The molecule has 1 aromatic carbocycles. The fourth-order valence-electron chi connectivity index (χ4n) is 2.59. The van der Waals surface area contributed by atoms with Gasteiger partial charge < -0.3 is 20.1 Å². The van der Waals surface area contributed by atoms with Crippen molar-refractivity contribution < 1.29 is 9.47 Å². The van der Waals surface area contributed by atoms with E-state index in [1.807, 2.05) is 24.4 Å². The van der Waals surface area contributed by atoms with E-state index in [1.54, 1.807) is 0 Å². The Labute approximate surface area is 123 Å². The van der Waals surface area contributed by atoms with E-state index in [0.29, 0.717) is 6.79 Å². The molecule has 21 heavy (non-hydrogen) atoms. The molecule has 0 atom stereocenters. The van der Waals surface area contributed by atoms with Crippen molar-refractivity contribution in [2.75, 3.05) is 25.2 Å². The van der Waals surface area contributed by atoms with Crippen LogP contribution >= 0.6 is 0 Å². The van der Waals surface area contributed by atoms with Crippen molar-refractivity contribution in [1.29, 1.82) is 0 Å². The predicted octanol–water partition coefficient (Wildman–Crippen LogP) is 2.52. The third-order valence-corrected chi connectivity index (χ3v) is 3.91. The highest BCUT2D eigenvalue weighted by molar-refractivity contribution is 5.94. The maximum absolute atomic E-state index is 5.45. The van der Waals surface area contributed by atoms with Gasteiger partial charge in [-0.1, -0.05) is 0 Å². The lowest BCUT2D eigenvalue weighted by Crippen LogP contribution is -2.20. The Kier molecular flexibility index (Phi) is 3.27. The second-order valence-corrected chi connectivity index (χ2v) is 5.59. The smallest absolute Gasteiger partial charge is 0.231 e. The fraction of sp³-hybridized carbons (Fsp3) is 0.438. The van der Waals surface area contributed by atoms with Gasteiger partial charge in [0.2, 0.25) is 6.79 Å². The Balaban J connectivity index is 1.46. The van der Waals surface area contributed by atoms with Crippen LogP contribution in [0.3, 0.4) is 0 Å². The van der Waals surface area contributed by atoms with Crippen LogP contribution in [0.2, 0.25) is 0 Å². The van der Waals surface area contributed by atoms with Gasteiger partial charge in [-0.05, 0) is 49.4 Å². The van der Waals surface area contributed by atoms with Crippen LogP contribution < -0.4 is 20.1 Å². The number of aromatic nitrogens is 1. The van der Waals surface area contributed by atoms with E-state index in [-0.39, 0.29) is 0 Å². The summed E-state index contributed by atoms with van der Waals surface area (Å²) < 4.78 is 10.9. The van der Waals surface area contributed by atoms with Crippen LogP contribution in [0.1, 0.15) is 19.3 Å². The van der Waals surface area contributed by atoms with E-state index in [9.17, 15) is 0 Å². The summed E-state index contributed by atoms with van der Waals surface area (Å²) in [4.78, 5) is 4.45. The van der Waals surface area contributed by atoms with Gasteiger partial charge in [0.05, 0.1) is 0 Å². The van der Waals surface area contributed by atoms with Crippen molar-refractivity contribution in [3.63, 3.8) is 0 Å². The number of pyridine rings is 1. The molecule has 2 aliphatic rings. The SMILES string of the molecule is c1cc2cc3c(cc2c(NCCCNC2CC2)n1)OCO3. The number of nitrogens with one attached hydrogen (secondary N) is 2. The molecule has 1 saturated carbocycles. The van der Waals surface area contributed by atoms with Crippen molar-refractivity contribution in [3.05, 3.63) is 24.4 Å². The van der Waals surface area contributed by atoms with Gasteiger partial charge >= 0.3 is 0 Å². The zero-order valence-electron chi connectivity index (χ0n) is 11.9. The first-order chi connectivity index (χ1) is 10.4. The number of nitrogens with zero attached hydrogens (tertiary/aromatic N) is 1. The summed E-state index contributed by atoms with van der Waals surface area (Å²) in [6, 6.07) is 6.80. The molecule has 0 radical (unpaired) electrons. The minimum Gasteiger partial charge on any atom is -0.454 e. The van der Waals surface area contributed by atoms with Crippen molar-refractivity contribution in [3.8, 4) is 11.5 Å². The maximum Gasteiger partial charge on any atom is 0.231 e. The van der Waals surface area contributed by atoms with Gasteiger partial charge in [0, 0.05) is 24.2 Å². The number of benzene rings is 1. The Morgan fingerprint density at radius 2 is 2.00 bits per heavy atom. The van der Waals surface area contributed by atoms with Crippen LogP contribution in [-0.2, 0) is 0 Å². The molecule has 0 amide bonds. The standard InChI is InChI=1S/C16H19N3O2/c1(5-17-12-2-3-12)6-18-16-13-9-15-14(20-10-21-15)8-11(13)4-7-19-16/h4,7-9,12,17H,1-3,5-6,10H2,(H,18,19). The molecule has 4 rings (SSSR count). The molecule has 1 aliphatic carbocycles. The molecule has 5 nitrogen and oxygen atoms in total. The van der Waals surface area contributed by atoms with Crippen molar-refractivity contribution in [2.45, 2.75) is 25.3 Å². The average molecular weight is 285 g/mol. The largest absolute Gasteiger partial charge is 0.454 e. The molecular weight excluding hydrogens is 266 g/mol. The zero-order valence-corrected chi connectivity index (χ0v) is 11.9. The molecule has 2 heterocycles. The fourth-order valence-corrected chi connectivity index (χ4v) is 2.59. The Hall–Kier alpha value is -2.01. The lowest BCUT2D eigenvalue weighted by atomic mass is 10.1. The summed E-state index contributed by atoms with van der Waals surface area (Å²) in [7, 11) is 0. The Morgan fingerprint density at radius 3 is 2.86 bits per heavy atom. The summed E-state index contributed by atoms with van der Waals surface area (Å²) in [6.45, 7) is 2.28. The lowest BCUT2D eigenvalue weighted by molar-refractivity contribution is 0.174. The molecule has 1 aromatic heterocycles. The zero-order chi connectivity index (χ0) is 14.1. The quantitative estimate of drug-likeness (QED) is 0.799. The first kappa shape index (κ1) is 12.7. The number of hydrogen-bond donors (Lipinski definition) is 2. The third-order valence-electron chi connectivity index (χ3n) is 3.91. The van der Waals surface area contributed by atoms with Crippen LogP contribution in [0.25, 0.3) is 10.8 Å². The van der Waals surface area contributed by atoms with Crippen LogP contribution in [0, 0.1) is 0 Å². The molecule has 0 unspecified atom stereocenters. The summed E-state index contributed by atoms with van der Waals surface area (Å²) in [5, 5.41) is 9.14. The van der Waals surface area contributed by atoms with Gasteiger partial charge in [0.1, 0.15) is 5.82 Å². The van der Waals surface area contributed by atoms with Crippen molar-refractivity contribution in [1.82, 2.24) is 10.3 Å². The van der Waals surface area contributed by atoms with E-state index in [2.05, 4.69) is 15.6 Å². The highest BCUT2D eigenvalue weighted by Gasteiger charge is 2.19. The predicted molar refractivity (Wildman–Crippen MR) is 82.0 cm³/mol. The van der Waals surface area contributed by atoms with Crippen LogP contribution in [-0.4, -0.2) is 30.9 Å². The number of hydrogen-bond acceptors (Lipinski definition) is 5. The summed E-state index contributed by atoms with van der Waals surface area (Å²) in [5.41, 5.74) is 0. The topological polar surface area (TPSA) is 55.4 Å². The van der Waals surface area contributed by atoms with Gasteiger partial charge in [-0.15, -0.1) is 0 Å². The summed E-state index contributed by atoms with van der Waals surface area (Å²) in [6.07, 6.45) is 5.60. The first-order valence-corrected chi connectivity index (χ1v) is 7.56. The molecular formula is C16H19N3O2. The normalized spacial score (nSPS) is 16.4. The highest BCUT2D eigenvalue weighted by atomic mass is 16.7. The van der Waals surface area contributed by atoms with Crippen LogP contribution in [0.15, 0.2) is 24.4 Å². The number of rotatable bonds is 6. The van der Waals surface area contributed by atoms with Gasteiger partial charge in [0.15, 0.2) is 11.5 Å². The second kappa shape index (κ2) is 5.41. The molecule has 0 saturated heterocycles. The summed E-state index contributed by atoms with van der Waals surface area (Å²) in [5.74, 6) is 2.53. The molecule has 0 spiro atoms. The summed E-state index contributed by atoms with van der Waals surface area (Å²) >= 11 is 0. The Morgan fingerprint density at radius 1 is 1.14 bits per heavy atom. The van der Waals surface area contributed by atoms with Gasteiger partial charge in [-0.3, -0.25) is 0 Å². The third kappa shape index (κ3) is 2.74. The average Bonchev–Trinajstić information content (AvgIpc) is 3.21. The first-order valence-electron chi connectivity index (χ1n) is 7.56. The minimum atomic E-state index is 0.300. The molecule has 5 heteroatoms. The molecule has 2 aromatic rings. The number of ether oxygens (including phenoxy) is 2. The highest BCUT2D eigenvalue weighted by Crippen LogP contribution is 2.37. The second-order valence-electron chi connectivity index (χ2n) is 5.59. The lowest BCUT2D eigenvalue weighted by Gasteiger charge is -2.09. The van der Waals surface area contributed by atoms with E-state index >= 15 is 0 Å². The minimum absolute atomic E-state index is 0.300. The van der Waals surface area contributed by atoms with Crippen molar-refractivity contribution >= 4 is 16.6 Å². The molecule has 110 valence electrons. The van der Waals surface area contributed by atoms with E-state index in [4.69, 9.17) is 9.47 Å². The maximum atomic E-state index is 5.45. The monoisotopic (exact) mass is 285 g/mol. The van der Waals surface area contributed by atoms with E-state index < -0.39 is 0 Å². The molecule has 1 fully saturated rings. The number of anilines is 1. The van der Waals surface area contributed by atoms with Crippen molar-refractivity contribution in [2.24, 2.45) is 0 Å². The van der Waals surface area contributed by atoms with Gasteiger partial charge in [0.25, 0.3) is 0 Å². The van der Waals surface area contributed by atoms with Gasteiger partial charge in [-0.2, -0.15) is 0 Å². The Bertz CT molecular complexity index is 655.